The first-order valence-corrected chi connectivity index (χ1v) is 13.3. The maximum absolute atomic E-state index is 13.0. The van der Waals surface area contributed by atoms with E-state index in [1.54, 1.807) is 37.4 Å². The van der Waals surface area contributed by atoms with Crippen molar-refractivity contribution >= 4 is 21.6 Å². The lowest BCUT2D eigenvalue weighted by molar-refractivity contribution is 0.0954. The predicted octanol–water partition coefficient (Wildman–Crippen LogP) is 3.62. The minimum Gasteiger partial charge on any atom is -0.496 e. The lowest BCUT2D eigenvalue weighted by Crippen LogP contribution is -2.45. The van der Waals surface area contributed by atoms with Crippen molar-refractivity contribution in [3.8, 4) is 5.75 Å². The number of anilines is 1. The van der Waals surface area contributed by atoms with Crippen LogP contribution in [-0.2, 0) is 16.4 Å². The minimum absolute atomic E-state index is 0.123. The van der Waals surface area contributed by atoms with E-state index in [0.717, 1.165) is 17.0 Å². The standard InChI is InChI=1S/C27H31N3O4S/c1-34-26-14-8-5-9-21(26)15-18-28-27(31)24-12-6-7-13-25(24)30-19-16-22(17-20-30)29-35(32,33)23-10-3-2-4-11-23/h2-14,22,29H,15-20H2,1H3,(H,28,31). The van der Waals surface area contributed by atoms with Crippen LogP contribution in [0.1, 0.15) is 28.8 Å². The van der Waals surface area contributed by atoms with Gasteiger partial charge in [0.15, 0.2) is 0 Å². The zero-order valence-electron chi connectivity index (χ0n) is 19.8. The molecule has 184 valence electrons. The van der Waals surface area contributed by atoms with Crippen LogP contribution >= 0.6 is 0 Å². The fourth-order valence-electron chi connectivity index (χ4n) is 4.38. The second-order valence-corrected chi connectivity index (χ2v) is 10.2. The average Bonchev–Trinajstić information content (AvgIpc) is 2.89. The Balaban J connectivity index is 1.35. The molecule has 7 nitrogen and oxygen atoms in total. The van der Waals surface area contributed by atoms with E-state index in [-0.39, 0.29) is 16.8 Å². The highest BCUT2D eigenvalue weighted by molar-refractivity contribution is 7.89. The monoisotopic (exact) mass is 493 g/mol. The fourth-order valence-corrected chi connectivity index (χ4v) is 5.71. The number of methoxy groups -OCH3 is 1. The van der Waals surface area contributed by atoms with Gasteiger partial charge in [-0.05, 0) is 55.2 Å². The average molecular weight is 494 g/mol. The molecule has 1 saturated heterocycles. The van der Waals surface area contributed by atoms with Crippen LogP contribution < -0.4 is 19.7 Å². The van der Waals surface area contributed by atoms with Crippen LogP contribution in [0.25, 0.3) is 0 Å². The number of para-hydroxylation sites is 2. The number of carbonyl (C=O) groups excluding carboxylic acids is 1. The molecule has 1 amide bonds. The number of hydrogen-bond acceptors (Lipinski definition) is 5. The van der Waals surface area contributed by atoms with Crippen LogP contribution in [0, 0.1) is 0 Å². The fraction of sp³-hybridized carbons (Fsp3) is 0.296. The molecular formula is C27H31N3O4S. The highest BCUT2D eigenvalue weighted by Gasteiger charge is 2.26. The van der Waals surface area contributed by atoms with Crippen molar-refractivity contribution in [3.63, 3.8) is 0 Å². The van der Waals surface area contributed by atoms with E-state index in [4.69, 9.17) is 4.74 Å². The number of hydrogen-bond donors (Lipinski definition) is 2. The molecular weight excluding hydrogens is 462 g/mol. The Morgan fingerprint density at radius 3 is 2.34 bits per heavy atom. The van der Waals surface area contributed by atoms with Gasteiger partial charge in [-0.25, -0.2) is 13.1 Å². The Bertz CT molecular complexity index is 1240. The molecule has 0 saturated carbocycles. The Hall–Kier alpha value is -3.36. The summed E-state index contributed by atoms with van der Waals surface area (Å²) in [6, 6.07) is 23.6. The predicted molar refractivity (Wildman–Crippen MR) is 137 cm³/mol. The zero-order valence-corrected chi connectivity index (χ0v) is 20.6. The van der Waals surface area contributed by atoms with Crippen molar-refractivity contribution in [2.75, 3.05) is 31.6 Å². The van der Waals surface area contributed by atoms with Gasteiger partial charge in [0.05, 0.1) is 17.6 Å². The Kier molecular flexibility index (Phi) is 8.05. The molecule has 3 aromatic carbocycles. The minimum atomic E-state index is -3.54. The van der Waals surface area contributed by atoms with Crippen LogP contribution in [0.4, 0.5) is 5.69 Å². The van der Waals surface area contributed by atoms with E-state index >= 15 is 0 Å². The molecule has 0 bridgehead atoms. The van der Waals surface area contributed by atoms with E-state index in [1.165, 1.54) is 0 Å². The second kappa shape index (κ2) is 11.4. The quantitative estimate of drug-likeness (QED) is 0.476. The number of nitrogens with zero attached hydrogens (tertiary/aromatic N) is 1. The molecule has 0 radical (unpaired) electrons. The summed E-state index contributed by atoms with van der Waals surface area (Å²) in [6.45, 7) is 1.82. The van der Waals surface area contributed by atoms with Gasteiger partial charge in [-0.15, -0.1) is 0 Å². The summed E-state index contributed by atoms with van der Waals surface area (Å²) in [7, 11) is -1.90. The first-order chi connectivity index (χ1) is 17.0. The molecule has 0 spiro atoms. The molecule has 4 rings (SSSR count). The molecule has 8 heteroatoms. The van der Waals surface area contributed by atoms with Crippen molar-refractivity contribution in [2.24, 2.45) is 0 Å². The van der Waals surface area contributed by atoms with Gasteiger partial charge in [0.2, 0.25) is 10.0 Å². The Morgan fingerprint density at radius 2 is 1.60 bits per heavy atom. The van der Waals surface area contributed by atoms with Crippen molar-refractivity contribution < 1.29 is 17.9 Å². The van der Waals surface area contributed by atoms with E-state index < -0.39 is 10.0 Å². The summed E-state index contributed by atoms with van der Waals surface area (Å²) in [4.78, 5) is 15.4. The third-order valence-electron chi connectivity index (χ3n) is 6.23. The number of rotatable bonds is 9. The molecule has 0 aliphatic carbocycles. The second-order valence-electron chi connectivity index (χ2n) is 8.53. The summed E-state index contributed by atoms with van der Waals surface area (Å²) < 4.78 is 33.5. The number of carbonyl (C=O) groups is 1. The van der Waals surface area contributed by atoms with Crippen LogP contribution in [0.3, 0.4) is 0 Å². The highest BCUT2D eigenvalue weighted by atomic mass is 32.2. The molecule has 35 heavy (non-hydrogen) atoms. The molecule has 0 aromatic heterocycles. The Morgan fingerprint density at radius 1 is 0.943 bits per heavy atom. The summed E-state index contributed by atoms with van der Waals surface area (Å²) >= 11 is 0. The normalized spacial score (nSPS) is 14.5. The number of ether oxygens (including phenoxy) is 1. The first-order valence-electron chi connectivity index (χ1n) is 11.8. The zero-order chi connectivity index (χ0) is 24.7. The van der Waals surface area contributed by atoms with Gasteiger partial charge >= 0.3 is 0 Å². The SMILES string of the molecule is COc1ccccc1CCNC(=O)c1ccccc1N1CCC(NS(=O)(=O)c2ccccc2)CC1. The molecule has 1 aliphatic heterocycles. The van der Waals surface area contributed by atoms with Crippen molar-refractivity contribution in [3.05, 3.63) is 90.0 Å². The maximum atomic E-state index is 13.0. The summed E-state index contributed by atoms with van der Waals surface area (Å²) in [5.41, 5.74) is 2.53. The van der Waals surface area contributed by atoms with Gasteiger partial charge in [0, 0.05) is 31.4 Å². The van der Waals surface area contributed by atoms with Crippen molar-refractivity contribution in [2.45, 2.75) is 30.2 Å². The molecule has 3 aromatic rings. The smallest absolute Gasteiger partial charge is 0.253 e. The third-order valence-corrected chi connectivity index (χ3v) is 7.77. The maximum Gasteiger partial charge on any atom is 0.253 e. The number of sulfonamides is 1. The first kappa shape index (κ1) is 24.8. The molecule has 1 heterocycles. The molecule has 1 fully saturated rings. The molecule has 2 N–H and O–H groups in total. The number of amides is 1. The van der Waals surface area contributed by atoms with Crippen LogP contribution in [-0.4, -0.2) is 47.1 Å². The van der Waals surface area contributed by atoms with E-state index in [1.807, 2.05) is 48.5 Å². The molecule has 1 aliphatic rings. The third kappa shape index (κ3) is 6.21. The number of nitrogens with one attached hydrogen (secondary N) is 2. The van der Waals surface area contributed by atoms with Crippen molar-refractivity contribution in [1.82, 2.24) is 10.0 Å². The van der Waals surface area contributed by atoms with Crippen LogP contribution in [0.5, 0.6) is 5.75 Å². The van der Waals surface area contributed by atoms with Gasteiger partial charge in [-0.2, -0.15) is 0 Å². The van der Waals surface area contributed by atoms with Crippen molar-refractivity contribution in [1.29, 1.82) is 0 Å². The highest BCUT2D eigenvalue weighted by Crippen LogP contribution is 2.25. The van der Waals surface area contributed by atoms with E-state index in [2.05, 4.69) is 14.9 Å². The van der Waals surface area contributed by atoms with Gasteiger partial charge < -0.3 is 15.0 Å². The molecule has 0 unspecified atom stereocenters. The lowest BCUT2D eigenvalue weighted by atomic mass is 10.0. The van der Waals surface area contributed by atoms with Gasteiger partial charge in [-0.1, -0.05) is 48.5 Å². The molecule has 0 atom stereocenters. The van der Waals surface area contributed by atoms with Gasteiger partial charge in [0.25, 0.3) is 5.91 Å². The van der Waals surface area contributed by atoms with Crippen LogP contribution in [0.15, 0.2) is 83.8 Å². The van der Waals surface area contributed by atoms with Crippen LogP contribution in [0.2, 0.25) is 0 Å². The summed E-state index contributed by atoms with van der Waals surface area (Å²) in [5, 5.41) is 3.02. The summed E-state index contributed by atoms with van der Waals surface area (Å²) in [6.07, 6.45) is 2.00. The Labute approximate surface area is 207 Å². The van der Waals surface area contributed by atoms with E-state index in [9.17, 15) is 13.2 Å². The summed E-state index contributed by atoms with van der Waals surface area (Å²) in [5.74, 6) is 0.690. The topological polar surface area (TPSA) is 87.7 Å². The van der Waals surface area contributed by atoms with E-state index in [0.29, 0.717) is 44.5 Å². The number of benzene rings is 3. The lowest BCUT2D eigenvalue weighted by Gasteiger charge is -2.34. The van der Waals surface area contributed by atoms with Gasteiger partial charge in [0.1, 0.15) is 5.75 Å². The largest absolute Gasteiger partial charge is 0.496 e. The number of piperidine rings is 1. The van der Waals surface area contributed by atoms with Gasteiger partial charge in [-0.3, -0.25) is 4.79 Å².